The van der Waals surface area contributed by atoms with Crippen molar-refractivity contribution >= 4 is 21.7 Å². The molecule has 27 heavy (non-hydrogen) atoms. The molecule has 7 heteroatoms. The molecule has 2 aromatic heterocycles. The number of aryl methyl sites for hydroxylation is 1. The lowest BCUT2D eigenvalue weighted by molar-refractivity contribution is 0.103. The van der Waals surface area contributed by atoms with Gasteiger partial charge in [-0.3, -0.25) is 14.3 Å². The number of rotatable bonds is 6. The molecule has 1 aromatic carbocycles. The average molecular weight is 429 g/mol. The van der Waals surface area contributed by atoms with Crippen molar-refractivity contribution in [2.45, 2.75) is 20.1 Å². The van der Waals surface area contributed by atoms with Crippen LogP contribution < -0.4 is 0 Å². The molecule has 0 amide bonds. The zero-order chi connectivity index (χ0) is 19.6. The minimum atomic E-state index is -0.158. The summed E-state index contributed by atoms with van der Waals surface area (Å²) in [4.78, 5) is 23.6. The molecule has 0 unspecified atom stereocenters. The van der Waals surface area contributed by atoms with Gasteiger partial charge in [-0.05, 0) is 51.4 Å². The lowest BCUT2D eigenvalue weighted by Gasteiger charge is -2.15. The van der Waals surface area contributed by atoms with Gasteiger partial charge in [-0.15, -0.1) is 0 Å². The van der Waals surface area contributed by atoms with Gasteiger partial charge in [0.25, 0.3) is 0 Å². The molecule has 3 rings (SSSR count). The number of imidazole rings is 1. The third kappa shape index (κ3) is 4.16. The largest absolute Gasteiger partial charge is 0.390 e. The fourth-order valence-corrected chi connectivity index (χ4v) is 3.47. The Bertz CT molecular complexity index is 968. The Morgan fingerprint density at radius 1 is 1.26 bits per heavy atom. The predicted octanol–water partition coefficient (Wildman–Crippen LogP) is 3.12. The Balaban J connectivity index is 2.13. The van der Waals surface area contributed by atoms with Crippen LogP contribution in [-0.4, -0.2) is 44.4 Å². The van der Waals surface area contributed by atoms with Crippen molar-refractivity contribution in [3.8, 4) is 5.69 Å². The highest BCUT2D eigenvalue weighted by Crippen LogP contribution is 2.25. The minimum absolute atomic E-state index is 0.137. The zero-order valence-corrected chi connectivity index (χ0v) is 17.1. The highest BCUT2D eigenvalue weighted by Gasteiger charge is 2.18. The van der Waals surface area contributed by atoms with E-state index < -0.39 is 0 Å². The highest BCUT2D eigenvalue weighted by molar-refractivity contribution is 9.10. The number of hydrogen-bond acceptors (Lipinski definition) is 5. The molecule has 0 aliphatic heterocycles. The number of nitrogens with zero attached hydrogens (tertiary/aromatic N) is 4. The number of pyridine rings is 1. The van der Waals surface area contributed by atoms with Gasteiger partial charge in [0, 0.05) is 21.9 Å². The molecule has 0 saturated carbocycles. The van der Waals surface area contributed by atoms with Crippen LogP contribution in [0.2, 0.25) is 0 Å². The van der Waals surface area contributed by atoms with Crippen LogP contribution >= 0.6 is 15.9 Å². The smallest absolute Gasteiger partial charge is 0.211 e. The van der Waals surface area contributed by atoms with Crippen molar-refractivity contribution in [1.82, 2.24) is 19.4 Å². The third-order valence-electron chi connectivity index (χ3n) is 4.15. The molecule has 2 heterocycles. The Morgan fingerprint density at radius 3 is 2.67 bits per heavy atom. The molecular weight excluding hydrogens is 408 g/mol. The first kappa shape index (κ1) is 19.4. The lowest BCUT2D eigenvalue weighted by atomic mass is 10.1. The maximum Gasteiger partial charge on any atom is 0.211 e. The summed E-state index contributed by atoms with van der Waals surface area (Å²) >= 11 is 3.50. The Hall–Kier alpha value is -2.35. The number of aromatic nitrogens is 3. The monoisotopic (exact) mass is 428 g/mol. The van der Waals surface area contributed by atoms with E-state index in [1.54, 1.807) is 36.5 Å². The molecule has 0 radical (unpaired) electrons. The first-order chi connectivity index (χ1) is 12.9. The number of carbonyl (C=O) groups excluding carboxylic acids is 1. The summed E-state index contributed by atoms with van der Waals surface area (Å²) in [6.45, 7) is 2.35. The van der Waals surface area contributed by atoms with Crippen molar-refractivity contribution < 1.29 is 9.90 Å². The minimum Gasteiger partial charge on any atom is -0.390 e. The number of aliphatic hydroxyl groups is 1. The van der Waals surface area contributed by atoms with Crippen LogP contribution in [0.25, 0.3) is 5.69 Å². The summed E-state index contributed by atoms with van der Waals surface area (Å²) in [5.41, 5.74) is 3.15. The number of hydrogen-bond donors (Lipinski definition) is 1. The molecular formula is C20H21BrN4O2. The van der Waals surface area contributed by atoms with Crippen LogP contribution in [0.4, 0.5) is 0 Å². The van der Waals surface area contributed by atoms with Crippen LogP contribution in [0.1, 0.15) is 33.3 Å². The second kappa shape index (κ2) is 8.12. The molecule has 3 aromatic rings. The van der Waals surface area contributed by atoms with Gasteiger partial charge >= 0.3 is 0 Å². The van der Waals surface area contributed by atoms with E-state index >= 15 is 0 Å². The van der Waals surface area contributed by atoms with Crippen molar-refractivity contribution in [2.24, 2.45) is 0 Å². The summed E-state index contributed by atoms with van der Waals surface area (Å²) in [5.74, 6) is 0.644. The summed E-state index contributed by atoms with van der Waals surface area (Å²) in [6.07, 6.45) is 1.60. The molecule has 6 nitrogen and oxygen atoms in total. The van der Waals surface area contributed by atoms with Crippen LogP contribution in [0.3, 0.4) is 0 Å². The number of carbonyl (C=O) groups is 1. The van der Waals surface area contributed by atoms with E-state index in [2.05, 4.69) is 25.9 Å². The highest BCUT2D eigenvalue weighted by atomic mass is 79.9. The third-order valence-corrected chi connectivity index (χ3v) is 4.61. The Morgan fingerprint density at radius 2 is 2.04 bits per heavy atom. The second-order valence-electron chi connectivity index (χ2n) is 6.53. The molecule has 0 spiro atoms. The van der Waals surface area contributed by atoms with E-state index in [1.165, 1.54) is 0 Å². The van der Waals surface area contributed by atoms with Gasteiger partial charge in [-0.1, -0.05) is 22.0 Å². The van der Waals surface area contributed by atoms with Crippen molar-refractivity contribution in [3.63, 3.8) is 0 Å². The van der Waals surface area contributed by atoms with Crippen LogP contribution in [0, 0.1) is 6.92 Å². The SMILES string of the molecule is Cc1nc(CN(C)C)n(-c2cc(Br)cc(C(=O)c3ccccn3)c2)c1CO. The maximum absolute atomic E-state index is 12.8. The molecule has 0 atom stereocenters. The maximum atomic E-state index is 12.8. The molecule has 0 bridgehead atoms. The van der Waals surface area contributed by atoms with Gasteiger partial charge in [0.1, 0.15) is 11.5 Å². The van der Waals surface area contributed by atoms with Crippen LogP contribution in [0.5, 0.6) is 0 Å². The fourth-order valence-electron chi connectivity index (χ4n) is 2.98. The normalized spacial score (nSPS) is 11.2. The van der Waals surface area contributed by atoms with E-state index in [-0.39, 0.29) is 12.4 Å². The molecule has 0 aliphatic carbocycles. The van der Waals surface area contributed by atoms with E-state index in [4.69, 9.17) is 0 Å². The van der Waals surface area contributed by atoms with E-state index in [9.17, 15) is 9.90 Å². The summed E-state index contributed by atoms with van der Waals surface area (Å²) in [5, 5.41) is 9.87. The van der Waals surface area contributed by atoms with Crippen molar-refractivity contribution in [3.05, 3.63) is 75.5 Å². The summed E-state index contributed by atoms with van der Waals surface area (Å²) < 4.78 is 2.68. The van der Waals surface area contributed by atoms with Crippen molar-refractivity contribution in [1.29, 1.82) is 0 Å². The van der Waals surface area contributed by atoms with Gasteiger partial charge in [-0.25, -0.2) is 4.98 Å². The number of ketones is 1. The van der Waals surface area contributed by atoms with Gasteiger partial charge in [-0.2, -0.15) is 0 Å². The number of benzene rings is 1. The van der Waals surface area contributed by atoms with Gasteiger partial charge < -0.3 is 10.0 Å². The number of aliphatic hydroxyl groups excluding tert-OH is 1. The predicted molar refractivity (Wildman–Crippen MR) is 107 cm³/mol. The first-order valence-electron chi connectivity index (χ1n) is 8.50. The molecule has 0 aliphatic rings. The molecule has 0 fully saturated rings. The van der Waals surface area contributed by atoms with E-state index in [0.717, 1.165) is 21.7 Å². The second-order valence-corrected chi connectivity index (χ2v) is 7.45. The average Bonchev–Trinajstić information content (AvgIpc) is 2.95. The van der Waals surface area contributed by atoms with Crippen LogP contribution in [-0.2, 0) is 13.2 Å². The molecule has 0 saturated heterocycles. The standard InChI is InChI=1S/C20H21BrN4O2/c1-13-18(12-26)25(19(23-13)11-24(2)3)16-9-14(8-15(21)10-16)20(27)17-6-4-5-7-22-17/h4-10,26H,11-12H2,1-3H3. The Labute approximate surface area is 166 Å². The quantitative estimate of drug-likeness (QED) is 0.610. The number of halogens is 1. The van der Waals surface area contributed by atoms with E-state index in [0.29, 0.717) is 23.5 Å². The summed E-state index contributed by atoms with van der Waals surface area (Å²) in [7, 11) is 3.92. The molecule has 1 N–H and O–H groups in total. The van der Waals surface area contributed by atoms with Gasteiger partial charge in [0.15, 0.2) is 0 Å². The zero-order valence-electron chi connectivity index (χ0n) is 15.5. The van der Waals surface area contributed by atoms with Crippen LogP contribution in [0.15, 0.2) is 47.1 Å². The topological polar surface area (TPSA) is 71.2 Å². The fraction of sp³-hybridized carbons (Fsp3) is 0.250. The molecule has 140 valence electrons. The first-order valence-corrected chi connectivity index (χ1v) is 9.29. The summed E-state index contributed by atoms with van der Waals surface area (Å²) in [6, 6.07) is 10.8. The lowest BCUT2D eigenvalue weighted by Crippen LogP contribution is -2.16. The van der Waals surface area contributed by atoms with Gasteiger partial charge in [0.05, 0.1) is 24.5 Å². The van der Waals surface area contributed by atoms with E-state index in [1.807, 2.05) is 36.6 Å². The Kier molecular flexibility index (Phi) is 5.84. The van der Waals surface area contributed by atoms with Gasteiger partial charge in [0.2, 0.25) is 5.78 Å². The van der Waals surface area contributed by atoms with Crippen molar-refractivity contribution in [2.75, 3.05) is 14.1 Å².